The van der Waals surface area contributed by atoms with E-state index in [2.05, 4.69) is 6.58 Å². The molecule has 2 aromatic carbocycles. The molecule has 0 aromatic heterocycles. The summed E-state index contributed by atoms with van der Waals surface area (Å²) >= 11 is 0. The van der Waals surface area contributed by atoms with E-state index in [-0.39, 0.29) is 32.7 Å². The molecule has 0 aliphatic carbocycles. The van der Waals surface area contributed by atoms with Gasteiger partial charge in [0.2, 0.25) is 0 Å². The van der Waals surface area contributed by atoms with E-state index in [0.717, 1.165) is 16.3 Å². The Hall–Kier alpha value is -0.656. The summed E-state index contributed by atoms with van der Waals surface area (Å²) in [7, 11) is 0. The van der Waals surface area contributed by atoms with Crippen molar-refractivity contribution in [2.75, 3.05) is 0 Å². The molecule has 1 radical (unpaired) electrons. The molecule has 0 atom stereocenters. The predicted octanol–water partition coefficient (Wildman–Crippen LogP) is 3.19. The van der Waals surface area contributed by atoms with Crippen molar-refractivity contribution in [1.29, 1.82) is 0 Å². The van der Waals surface area contributed by atoms with E-state index < -0.39 is 0 Å². The first-order valence-electron chi connectivity index (χ1n) is 4.15. The van der Waals surface area contributed by atoms with Gasteiger partial charge in [-0.2, -0.15) is 0 Å². The van der Waals surface area contributed by atoms with Gasteiger partial charge in [-0.05, 0) is 34.5 Å². The van der Waals surface area contributed by atoms with Crippen LogP contribution in [0.2, 0.25) is 0 Å². The van der Waals surface area contributed by atoms with Gasteiger partial charge in [0.1, 0.15) is 5.75 Å². The molecule has 2 aromatic rings. The van der Waals surface area contributed by atoms with E-state index in [4.69, 9.17) is 0 Å². The van der Waals surface area contributed by atoms with Gasteiger partial charge in [-0.15, -0.1) is 0 Å². The average Bonchev–Trinajstić information content (AvgIpc) is 2.16. The van der Waals surface area contributed by atoms with E-state index in [1.54, 1.807) is 18.2 Å². The van der Waals surface area contributed by atoms with Gasteiger partial charge in [0, 0.05) is 32.7 Å². The fourth-order valence-corrected chi connectivity index (χ4v) is 1.38. The maximum absolute atomic E-state index is 9.27. The molecule has 0 amide bonds. The zero-order valence-corrected chi connectivity index (χ0v) is 10.6. The number of benzene rings is 2. The molecule has 0 saturated heterocycles. The van der Waals surface area contributed by atoms with E-state index in [9.17, 15) is 5.11 Å². The third-order valence-corrected chi connectivity index (χ3v) is 2.08. The third-order valence-electron chi connectivity index (χ3n) is 2.08. The molecule has 0 bridgehead atoms. The maximum atomic E-state index is 9.27. The number of aromatic hydroxyl groups is 1. The number of fused-ring (bicyclic) bond motifs is 1. The summed E-state index contributed by atoms with van der Waals surface area (Å²) in [5, 5.41) is 11.4. The molecule has 0 heterocycles. The fraction of sp³-hybridized carbons (Fsp3) is 0. The summed E-state index contributed by atoms with van der Waals surface area (Å²) in [5.41, 5.74) is 1.07. The van der Waals surface area contributed by atoms with Crippen molar-refractivity contribution in [2.24, 2.45) is 0 Å². The van der Waals surface area contributed by atoms with Gasteiger partial charge in [0.05, 0.1) is 0 Å². The van der Waals surface area contributed by atoms with Crippen LogP contribution in [0, 0.1) is 0 Å². The Morgan fingerprint density at radius 3 is 2.43 bits per heavy atom. The Morgan fingerprint density at radius 1 is 1.00 bits per heavy atom. The first-order chi connectivity index (χ1) is 6.29. The number of rotatable bonds is 1. The maximum Gasteiger partial charge on any atom is 0.116 e. The van der Waals surface area contributed by atoms with Crippen molar-refractivity contribution < 1.29 is 37.8 Å². The summed E-state index contributed by atoms with van der Waals surface area (Å²) in [4.78, 5) is 0. The second-order valence-electron chi connectivity index (χ2n) is 3.00. The molecule has 0 fully saturated rings. The summed E-state index contributed by atoms with van der Waals surface area (Å²) in [6.45, 7) is 3.70. The molecular formula is C12H10OY. The van der Waals surface area contributed by atoms with Crippen LogP contribution in [0.4, 0.5) is 0 Å². The molecule has 2 heteroatoms. The Balaban J connectivity index is 0.000000980. The summed E-state index contributed by atoms with van der Waals surface area (Å²) in [6, 6.07) is 11.4. The first-order valence-corrected chi connectivity index (χ1v) is 4.15. The predicted molar refractivity (Wildman–Crippen MR) is 55.7 cm³/mol. The summed E-state index contributed by atoms with van der Waals surface area (Å²) < 4.78 is 0. The smallest absolute Gasteiger partial charge is 0.116 e. The zero-order valence-electron chi connectivity index (χ0n) is 7.77. The third kappa shape index (κ3) is 2.23. The molecule has 67 valence electrons. The molecule has 0 saturated carbocycles. The minimum absolute atomic E-state index is 0. The SMILES string of the molecule is C=Cc1ccc2ccc(O)cc2c1.[Y]. The molecule has 2 rings (SSSR count). The normalized spacial score (nSPS) is 9.43. The van der Waals surface area contributed by atoms with E-state index in [1.807, 2.05) is 24.3 Å². The first kappa shape index (κ1) is 11.4. The van der Waals surface area contributed by atoms with Crippen molar-refractivity contribution in [3.8, 4) is 5.75 Å². The number of phenols is 1. The van der Waals surface area contributed by atoms with Gasteiger partial charge in [0.15, 0.2) is 0 Å². The van der Waals surface area contributed by atoms with Crippen molar-refractivity contribution in [1.82, 2.24) is 0 Å². The molecule has 0 spiro atoms. The zero-order chi connectivity index (χ0) is 9.26. The molecule has 0 aliphatic rings. The topological polar surface area (TPSA) is 20.2 Å². The molecule has 1 N–H and O–H groups in total. The van der Waals surface area contributed by atoms with Gasteiger partial charge in [-0.1, -0.05) is 30.9 Å². The monoisotopic (exact) mass is 259 g/mol. The second-order valence-corrected chi connectivity index (χ2v) is 3.00. The minimum Gasteiger partial charge on any atom is -0.508 e. The standard InChI is InChI=1S/C12H10O.Y/c1-2-9-3-4-10-5-6-12(13)8-11(10)7-9;/h2-8,13H,1H2;. The van der Waals surface area contributed by atoms with Crippen LogP contribution in [0.3, 0.4) is 0 Å². The Morgan fingerprint density at radius 2 is 1.71 bits per heavy atom. The molecule has 1 nitrogen and oxygen atoms in total. The number of hydrogen-bond acceptors (Lipinski definition) is 1. The van der Waals surface area contributed by atoms with Gasteiger partial charge < -0.3 is 5.11 Å². The number of hydrogen-bond donors (Lipinski definition) is 1. The van der Waals surface area contributed by atoms with E-state index in [0.29, 0.717) is 5.75 Å². The van der Waals surface area contributed by atoms with Crippen LogP contribution < -0.4 is 0 Å². The van der Waals surface area contributed by atoms with Gasteiger partial charge in [-0.3, -0.25) is 0 Å². The number of phenolic OH excluding ortho intramolecular Hbond substituents is 1. The van der Waals surface area contributed by atoms with E-state index in [1.165, 1.54) is 0 Å². The molecular weight excluding hydrogens is 249 g/mol. The van der Waals surface area contributed by atoms with Gasteiger partial charge >= 0.3 is 0 Å². The van der Waals surface area contributed by atoms with Crippen LogP contribution in [0.1, 0.15) is 5.56 Å². The quantitative estimate of drug-likeness (QED) is 0.833. The Bertz CT molecular complexity index is 463. The largest absolute Gasteiger partial charge is 0.508 e. The second kappa shape index (κ2) is 4.72. The Labute approximate surface area is 108 Å². The summed E-state index contributed by atoms with van der Waals surface area (Å²) in [6.07, 6.45) is 1.80. The van der Waals surface area contributed by atoms with Crippen molar-refractivity contribution in [2.45, 2.75) is 0 Å². The van der Waals surface area contributed by atoms with Crippen LogP contribution in [-0.4, -0.2) is 5.11 Å². The van der Waals surface area contributed by atoms with Crippen LogP contribution in [-0.2, 0) is 32.7 Å². The van der Waals surface area contributed by atoms with E-state index >= 15 is 0 Å². The van der Waals surface area contributed by atoms with Gasteiger partial charge in [0.25, 0.3) is 0 Å². The average molecular weight is 259 g/mol. The molecule has 0 aliphatic heterocycles. The van der Waals surface area contributed by atoms with Crippen LogP contribution in [0.25, 0.3) is 16.8 Å². The van der Waals surface area contributed by atoms with Crippen molar-refractivity contribution >= 4 is 16.8 Å². The van der Waals surface area contributed by atoms with Gasteiger partial charge in [-0.25, -0.2) is 0 Å². The van der Waals surface area contributed by atoms with Crippen LogP contribution in [0.15, 0.2) is 43.0 Å². The Kier molecular flexibility index (Phi) is 3.85. The molecule has 14 heavy (non-hydrogen) atoms. The van der Waals surface area contributed by atoms with Crippen molar-refractivity contribution in [3.63, 3.8) is 0 Å². The van der Waals surface area contributed by atoms with Crippen LogP contribution in [0.5, 0.6) is 5.75 Å². The minimum atomic E-state index is 0. The van der Waals surface area contributed by atoms with Crippen molar-refractivity contribution in [3.05, 3.63) is 48.5 Å². The fourth-order valence-electron chi connectivity index (χ4n) is 1.38. The molecule has 0 unspecified atom stereocenters. The summed E-state index contributed by atoms with van der Waals surface area (Å²) in [5.74, 6) is 0.300. The van der Waals surface area contributed by atoms with Crippen LogP contribution >= 0.6 is 0 Å².